The van der Waals surface area contributed by atoms with E-state index >= 15 is 0 Å². The first kappa shape index (κ1) is 22.1. The highest BCUT2D eigenvalue weighted by Gasteiger charge is 2.21. The predicted molar refractivity (Wildman–Crippen MR) is 125 cm³/mol. The molecule has 12 heteroatoms. The van der Waals surface area contributed by atoms with Crippen molar-refractivity contribution in [2.75, 3.05) is 10.6 Å². The average molecular weight is 467 g/mol. The van der Waals surface area contributed by atoms with Gasteiger partial charge >= 0.3 is 16.6 Å². The van der Waals surface area contributed by atoms with E-state index in [0.29, 0.717) is 11.6 Å². The van der Waals surface area contributed by atoms with Crippen LogP contribution in [0, 0.1) is 0 Å². The summed E-state index contributed by atoms with van der Waals surface area (Å²) in [5, 5.41) is 10.2. The van der Waals surface area contributed by atoms with E-state index < -0.39 is 11.7 Å². The van der Waals surface area contributed by atoms with E-state index in [2.05, 4.69) is 25.6 Å². The minimum absolute atomic E-state index is 0.238. The maximum Gasteiger partial charge on any atom is 0.338 e. The molecule has 2 amide bonds. The number of amides is 2. The molecule has 170 valence electrons. The van der Waals surface area contributed by atoms with Gasteiger partial charge in [0.1, 0.15) is 18.0 Å². The van der Waals surface area contributed by atoms with Crippen LogP contribution in [0.25, 0.3) is 5.69 Å². The third-order valence-corrected chi connectivity index (χ3v) is 5.46. The molecular weight excluding hydrogens is 444 g/mol. The summed E-state index contributed by atoms with van der Waals surface area (Å²) < 4.78 is 3.00. The summed E-state index contributed by atoms with van der Waals surface area (Å²) in [4.78, 5) is 45.3. The van der Waals surface area contributed by atoms with Gasteiger partial charge in [-0.1, -0.05) is 32.9 Å². The summed E-state index contributed by atoms with van der Waals surface area (Å²) in [5.41, 5.74) is 1.69. The standard InChI is InChI=1S/C21H22N8O3S/c1-21(2,3)15-10-17(25-18(30)24-16-8-9-22-12-23-16)29(27-15)14-6-4-13(5-7-14)11-28-19(31)26-20(32)33-28/h4-10,12H,11H2,1-3H3,(H,26,31,32)(H2,22,23,24,25,30). The fourth-order valence-electron chi connectivity index (χ4n) is 2.99. The Kier molecular flexibility index (Phi) is 5.92. The average Bonchev–Trinajstić information content (AvgIpc) is 3.32. The number of anilines is 2. The summed E-state index contributed by atoms with van der Waals surface area (Å²) in [6.45, 7) is 6.38. The highest BCUT2D eigenvalue weighted by atomic mass is 32.1. The zero-order valence-electron chi connectivity index (χ0n) is 18.2. The van der Waals surface area contributed by atoms with Gasteiger partial charge in [-0.3, -0.25) is 20.4 Å². The van der Waals surface area contributed by atoms with Gasteiger partial charge in [-0.2, -0.15) is 5.10 Å². The van der Waals surface area contributed by atoms with Crippen LogP contribution >= 0.6 is 11.5 Å². The fraction of sp³-hybridized carbons (Fsp3) is 0.238. The lowest BCUT2D eigenvalue weighted by Gasteiger charge is -2.14. The molecule has 3 N–H and O–H groups in total. The third-order valence-electron chi connectivity index (χ3n) is 4.68. The molecule has 0 unspecified atom stereocenters. The number of nitrogens with zero attached hydrogens (tertiary/aromatic N) is 5. The van der Waals surface area contributed by atoms with Crippen molar-refractivity contribution in [2.24, 2.45) is 0 Å². The smallest absolute Gasteiger partial charge is 0.292 e. The van der Waals surface area contributed by atoms with E-state index in [1.807, 2.05) is 51.1 Å². The molecule has 33 heavy (non-hydrogen) atoms. The monoisotopic (exact) mass is 466 g/mol. The van der Waals surface area contributed by atoms with Crippen LogP contribution in [0.4, 0.5) is 16.4 Å². The summed E-state index contributed by atoms with van der Waals surface area (Å²) in [6, 6.07) is 10.3. The number of carbonyl (C=O) groups is 1. The Morgan fingerprint density at radius 3 is 2.48 bits per heavy atom. The van der Waals surface area contributed by atoms with Crippen molar-refractivity contribution >= 4 is 29.2 Å². The number of hydrogen-bond acceptors (Lipinski definition) is 7. The second-order valence-corrected chi connectivity index (χ2v) is 9.26. The van der Waals surface area contributed by atoms with Gasteiger partial charge in [-0.15, -0.1) is 0 Å². The minimum atomic E-state index is -0.464. The molecule has 3 heterocycles. The molecule has 1 aromatic carbocycles. The number of benzene rings is 1. The van der Waals surface area contributed by atoms with Crippen LogP contribution in [0.5, 0.6) is 0 Å². The van der Waals surface area contributed by atoms with E-state index in [9.17, 15) is 14.4 Å². The number of carbonyl (C=O) groups excluding carboxylic acids is 1. The first-order valence-corrected chi connectivity index (χ1v) is 10.8. The Hall–Kier alpha value is -4.06. The Bertz CT molecular complexity index is 1380. The van der Waals surface area contributed by atoms with Crippen LogP contribution in [-0.2, 0) is 12.0 Å². The van der Waals surface area contributed by atoms with Crippen LogP contribution < -0.4 is 21.2 Å². The molecule has 0 aliphatic carbocycles. The summed E-state index contributed by atoms with van der Waals surface area (Å²) in [7, 11) is 0. The van der Waals surface area contributed by atoms with Gasteiger partial charge < -0.3 is 0 Å². The maximum atomic E-state index is 12.5. The van der Waals surface area contributed by atoms with E-state index in [1.54, 1.807) is 10.7 Å². The van der Waals surface area contributed by atoms with Crippen LogP contribution in [0.2, 0.25) is 0 Å². The molecular formula is C21H22N8O3S. The number of aromatic nitrogens is 6. The van der Waals surface area contributed by atoms with E-state index in [-0.39, 0.29) is 16.8 Å². The second-order valence-electron chi connectivity index (χ2n) is 8.26. The summed E-state index contributed by atoms with van der Waals surface area (Å²) in [5.74, 6) is 0.857. The van der Waals surface area contributed by atoms with Gasteiger partial charge in [0, 0.05) is 29.2 Å². The van der Waals surface area contributed by atoms with Crippen molar-refractivity contribution in [3.8, 4) is 5.69 Å². The second kappa shape index (κ2) is 8.82. The minimum Gasteiger partial charge on any atom is -0.292 e. The molecule has 3 aromatic heterocycles. The van der Waals surface area contributed by atoms with Crippen molar-refractivity contribution in [3.63, 3.8) is 0 Å². The number of nitrogens with one attached hydrogen (secondary N) is 3. The topological polar surface area (TPSA) is 140 Å². The lowest BCUT2D eigenvalue weighted by molar-refractivity contribution is 0.262. The quantitative estimate of drug-likeness (QED) is 0.413. The van der Waals surface area contributed by atoms with Gasteiger partial charge in [0.15, 0.2) is 0 Å². The molecule has 4 rings (SSSR count). The highest BCUT2D eigenvalue weighted by Crippen LogP contribution is 2.26. The van der Waals surface area contributed by atoms with Gasteiger partial charge in [-0.25, -0.2) is 28.2 Å². The van der Waals surface area contributed by atoms with Crippen LogP contribution in [-0.4, -0.2) is 34.7 Å². The van der Waals surface area contributed by atoms with Crippen molar-refractivity contribution < 1.29 is 4.79 Å². The molecule has 0 aliphatic heterocycles. The number of urea groups is 1. The summed E-state index contributed by atoms with van der Waals surface area (Å²) >= 11 is 0.838. The number of hydrogen-bond donors (Lipinski definition) is 3. The largest absolute Gasteiger partial charge is 0.338 e. The molecule has 0 atom stereocenters. The molecule has 0 bridgehead atoms. The molecule has 0 fully saturated rings. The predicted octanol–water partition coefficient (Wildman–Crippen LogP) is 2.56. The third kappa shape index (κ3) is 5.23. The lowest BCUT2D eigenvalue weighted by atomic mass is 9.92. The Balaban J connectivity index is 1.60. The molecule has 0 radical (unpaired) electrons. The van der Waals surface area contributed by atoms with Crippen molar-refractivity contribution in [1.82, 2.24) is 28.7 Å². The fourth-order valence-corrected chi connectivity index (χ4v) is 3.66. The first-order chi connectivity index (χ1) is 15.7. The van der Waals surface area contributed by atoms with Crippen molar-refractivity contribution in [1.29, 1.82) is 0 Å². The van der Waals surface area contributed by atoms with Gasteiger partial charge in [0.2, 0.25) is 0 Å². The highest BCUT2D eigenvalue weighted by molar-refractivity contribution is 7.03. The molecule has 0 aliphatic rings. The Morgan fingerprint density at radius 2 is 1.88 bits per heavy atom. The Labute approximate surface area is 192 Å². The normalized spacial score (nSPS) is 11.4. The Morgan fingerprint density at radius 1 is 1.12 bits per heavy atom. The molecule has 4 aromatic rings. The molecule has 11 nitrogen and oxygen atoms in total. The van der Waals surface area contributed by atoms with Crippen LogP contribution in [0.1, 0.15) is 32.0 Å². The molecule has 0 saturated carbocycles. The van der Waals surface area contributed by atoms with Crippen LogP contribution in [0.3, 0.4) is 0 Å². The number of H-pyrrole nitrogens is 1. The van der Waals surface area contributed by atoms with Crippen molar-refractivity contribution in [2.45, 2.75) is 32.7 Å². The van der Waals surface area contributed by atoms with Gasteiger partial charge in [-0.05, 0) is 23.8 Å². The molecule has 0 saturated heterocycles. The van der Waals surface area contributed by atoms with Gasteiger partial charge in [0.05, 0.1) is 17.9 Å². The SMILES string of the molecule is CC(C)(C)c1cc(NC(=O)Nc2ccncn2)n(-c2ccc(Cn3sc(=O)[nH]c3=O)cc2)n1. The van der Waals surface area contributed by atoms with E-state index in [4.69, 9.17) is 5.10 Å². The van der Waals surface area contributed by atoms with Crippen molar-refractivity contribution in [3.05, 3.63) is 80.3 Å². The summed E-state index contributed by atoms with van der Waals surface area (Å²) in [6.07, 6.45) is 2.88. The van der Waals surface area contributed by atoms with E-state index in [0.717, 1.165) is 28.5 Å². The van der Waals surface area contributed by atoms with Crippen LogP contribution in [0.15, 0.2) is 58.5 Å². The first-order valence-electron chi connectivity index (χ1n) is 10.0. The maximum absolute atomic E-state index is 12.5. The van der Waals surface area contributed by atoms with E-state index in [1.165, 1.54) is 16.5 Å². The van der Waals surface area contributed by atoms with Gasteiger partial charge in [0.25, 0.3) is 0 Å². The number of aromatic amines is 1. The zero-order chi connectivity index (χ0) is 23.6. The zero-order valence-corrected chi connectivity index (χ0v) is 19.0. The molecule has 0 spiro atoms. The number of rotatable bonds is 5. The lowest BCUT2D eigenvalue weighted by Crippen LogP contribution is -2.21.